The number of benzene rings is 1. The van der Waals surface area contributed by atoms with E-state index in [0.717, 1.165) is 16.3 Å². The molecule has 0 spiro atoms. The number of carbonyl (C=O) groups is 1. The fourth-order valence-corrected chi connectivity index (χ4v) is 3.28. The van der Waals surface area contributed by atoms with Crippen LogP contribution in [-0.4, -0.2) is 29.5 Å². The molecule has 1 amide bonds. The first kappa shape index (κ1) is 17.4. The highest BCUT2D eigenvalue weighted by molar-refractivity contribution is 7.09. The van der Waals surface area contributed by atoms with Gasteiger partial charge in [-0.05, 0) is 30.3 Å². The van der Waals surface area contributed by atoms with Crippen molar-refractivity contribution in [3.05, 3.63) is 63.7 Å². The molecule has 0 atom stereocenters. The predicted molar refractivity (Wildman–Crippen MR) is 99.4 cm³/mol. The van der Waals surface area contributed by atoms with Crippen LogP contribution >= 0.6 is 22.9 Å². The van der Waals surface area contributed by atoms with Crippen LogP contribution in [-0.2, 0) is 6.42 Å². The van der Waals surface area contributed by atoms with Gasteiger partial charge in [0.1, 0.15) is 5.75 Å². The van der Waals surface area contributed by atoms with Crippen molar-refractivity contribution in [3.63, 3.8) is 0 Å². The third-order valence-corrected chi connectivity index (χ3v) is 4.70. The summed E-state index contributed by atoms with van der Waals surface area (Å²) in [6.07, 6.45) is 4.15. The largest absolute Gasteiger partial charge is 0.496 e. The number of nitrogens with one attached hydrogen (secondary N) is 1. The van der Waals surface area contributed by atoms with Crippen LogP contribution in [0.3, 0.4) is 0 Å². The molecule has 1 N–H and O–H groups in total. The van der Waals surface area contributed by atoms with Crippen LogP contribution in [0.1, 0.15) is 15.4 Å². The van der Waals surface area contributed by atoms with Crippen molar-refractivity contribution >= 4 is 28.8 Å². The van der Waals surface area contributed by atoms with Crippen LogP contribution in [0, 0.1) is 0 Å². The van der Waals surface area contributed by atoms with Gasteiger partial charge >= 0.3 is 0 Å². The topological polar surface area (TPSA) is 64.1 Å². The molecule has 3 aromatic rings. The summed E-state index contributed by atoms with van der Waals surface area (Å²) in [7, 11) is 1.51. The third kappa shape index (κ3) is 4.35. The number of pyridine rings is 1. The van der Waals surface area contributed by atoms with Gasteiger partial charge in [-0.15, -0.1) is 11.3 Å². The van der Waals surface area contributed by atoms with Gasteiger partial charge in [-0.1, -0.05) is 11.6 Å². The van der Waals surface area contributed by atoms with E-state index in [1.807, 2.05) is 17.5 Å². The molecule has 0 unspecified atom stereocenters. The molecule has 0 radical (unpaired) electrons. The highest BCUT2D eigenvalue weighted by Crippen LogP contribution is 2.23. The van der Waals surface area contributed by atoms with E-state index in [2.05, 4.69) is 15.3 Å². The Balaban J connectivity index is 1.58. The lowest BCUT2D eigenvalue weighted by molar-refractivity contribution is 0.0951. The maximum absolute atomic E-state index is 12.3. The van der Waals surface area contributed by atoms with E-state index in [1.54, 1.807) is 41.9 Å². The van der Waals surface area contributed by atoms with Crippen molar-refractivity contribution in [2.45, 2.75) is 6.42 Å². The summed E-state index contributed by atoms with van der Waals surface area (Å²) < 4.78 is 5.20. The highest BCUT2D eigenvalue weighted by atomic mass is 35.5. The first-order chi connectivity index (χ1) is 12.2. The Hall–Kier alpha value is -2.44. The molecule has 0 saturated carbocycles. The average Bonchev–Trinajstić information content (AvgIpc) is 3.11. The molecule has 0 saturated heterocycles. The molecule has 3 rings (SSSR count). The number of hydrogen-bond acceptors (Lipinski definition) is 5. The Morgan fingerprint density at radius 3 is 2.84 bits per heavy atom. The number of amides is 1. The lowest BCUT2D eigenvalue weighted by Gasteiger charge is -2.09. The summed E-state index contributed by atoms with van der Waals surface area (Å²) in [5.74, 6) is 0.263. The van der Waals surface area contributed by atoms with Crippen molar-refractivity contribution < 1.29 is 9.53 Å². The summed E-state index contributed by atoms with van der Waals surface area (Å²) in [5, 5.41) is 6.39. The Labute approximate surface area is 154 Å². The normalized spacial score (nSPS) is 10.5. The Morgan fingerprint density at radius 1 is 1.28 bits per heavy atom. The number of hydrogen-bond donors (Lipinski definition) is 1. The molecule has 0 aliphatic heterocycles. The quantitative estimate of drug-likeness (QED) is 0.713. The molecular formula is C18H16ClN3O2S. The third-order valence-electron chi connectivity index (χ3n) is 3.56. The van der Waals surface area contributed by atoms with Gasteiger partial charge in [0, 0.05) is 41.3 Å². The van der Waals surface area contributed by atoms with E-state index in [0.29, 0.717) is 29.3 Å². The Bertz CT molecular complexity index is 868. The number of halogens is 1. The summed E-state index contributed by atoms with van der Waals surface area (Å²) in [4.78, 5) is 20.9. The van der Waals surface area contributed by atoms with Crippen molar-refractivity contribution in [1.82, 2.24) is 15.3 Å². The molecule has 0 fully saturated rings. The van der Waals surface area contributed by atoms with E-state index in [1.165, 1.54) is 7.11 Å². The molecule has 1 aromatic carbocycles. The van der Waals surface area contributed by atoms with Gasteiger partial charge in [-0.25, -0.2) is 4.98 Å². The summed E-state index contributed by atoms with van der Waals surface area (Å²) in [6.45, 7) is 0.494. The van der Waals surface area contributed by atoms with Crippen molar-refractivity contribution in [2.75, 3.05) is 13.7 Å². The number of aromatic nitrogens is 2. The summed E-state index contributed by atoms with van der Waals surface area (Å²) in [6, 6.07) is 8.79. The molecule has 2 aromatic heterocycles. The van der Waals surface area contributed by atoms with Crippen LogP contribution in [0.2, 0.25) is 5.02 Å². The van der Waals surface area contributed by atoms with E-state index in [-0.39, 0.29) is 5.91 Å². The van der Waals surface area contributed by atoms with Crippen LogP contribution in [0.4, 0.5) is 0 Å². The van der Waals surface area contributed by atoms with Crippen LogP contribution in [0.5, 0.6) is 5.75 Å². The van der Waals surface area contributed by atoms with Gasteiger partial charge in [0.05, 0.1) is 23.4 Å². The van der Waals surface area contributed by atoms with Gasteiger partial charge in [-0.3, -0.25) is 9.78 Å². The van der Waals surface area contributed by atoms with Crippen molar-refractivity contribution in [1.29, 1.82) is 0 Å². The lowest BCUT2D eigenvalue weighted by Crippen LogP contribution is -2.26. The van der Waals surface area contributed by atoms with E-state index >= 15 is 0 Å². The maximum atomic E-state index is 12.3. The maximum Gasteiger partial charge on any atom is 0.255 e. The fourth-order valence-electron chi connectivity index (χ4n) is 2.31. The monoisotopic (exact) mass is 373 g/mol. The first-order valence-corrected chi connectivity index (χ1v) is 8.89. The minimum absolute atomic E-state index is 0.195. The van der Waals surface area contributed by atoms with Gasteiger partial charge in [-0.2, -0.15) is 0 Å². The number of ether oxygens (including phenoxy) is 1. The van der Waals surface area contributed by atoms with Crippen LogP contribution in [0.25, 0.3) is 11.3 Å². The standard InChI is InChI=1S/C18H16ClN3O2S/c1-24-16-10-13(19)2-3-14(16)18(23)21-9-6-17-22-15(11-25-17)12-4-7-20-8-5-12/h2-5,7-8,10-11H,6,9H2,1H3,(H,21,23). The number of thiazole rings is 1. The molecule has 0 aliphatic carbocycles. The zero-order valence-electron chi connectivity index (χ0n) is 13.5. The smallest absolute Gasteiger partial charge is 0.255 e. The van der Waals surface area contributed by atoms with Crippen LogP contribution < -0.4 is 10.1 Å². The molecule has 25 heavy (non-hydrogen) atoms. The molecule has 0 aliphatic rings. The Kier molecular flexibility index (Phi) is 5.63. The molecule has 128 valence electrons. The van der Waals surface area contributed by atoms with Gasteiger partial charge in [0.2, 0.25) is 0 Å². The fraction of sp³-hybridized carbons (Fsp3) is 0.167. The van der Waals surface area contributed by atoms with Gasteiger partial charge in [0.15, 0.2) is 0 Å². The Morgan fingerprint density at radius 2 is 2.08 bits per heavy atom. The zero-order valence-corrected chi connectivity index (χ0v) is 15.1. The highest BCUT2D eigenvalue weighted by Gasteiger charge is 2.12. The summed E-state index contributed by atoms with van der Waals surface area (Å²) >= 11 is 7.49. The molecule has 7 heteroatoms. The zero-order chi connectivity index (χ0) is 17.6. The number of nitrogens with zero attached hydrogens (tertiary/aromatic N) is 2. The first-order valence-electron chi connectivity index (χ1n) is 7.64. The molecular weight excluding hydrogens is 358 g/mol. The summed E-state index contributed by atoms with van der Waals surface area (Å²) in [5.41, 5.74) is 2.42. The predicted octanol–water partition coefficient (Wildman–Crippen LogP) is 3.84. The van der Waals surface area contributed by atoms with E-state index in [9.17, 15) is 4.79 Å². The SMILES string of the molecule is COc1cc(Cl)ccc1C(=O)NCCc1nc(-c2ccncc2)cs1. The van der Waals surface area contributed by atoms with Gasteiger partial charge in [0.25, 0.3) is 5.91 Å². The van der Waals surface area contributed by atoms with E-state index < -0.39 is 0 Å². The van der Waals surface area contributed by atoms with Gasteiger partial charge < -0.3 is 10.1 Å². The second-order valence-corrected chi connectivity index (χ2v) is 6.59. The van der Waals surface area contributed by atoms with E-state index in [4.69, 9.17) is 16.3 Å². The second kappa shape index (κ2) is 8.09. The number of carbonyl (C=O) groups excluding carboxylic acids is 1. The molecule has 5 nitrogen and oxygen atoms in total. The average molecular weight is 374 g/mol. The van der Waals surface area contributed by atoms with Crippen LogP contribution in [0.15, 0.2) is 48.1 Å². The number of methoxy groups -OCH3 is 1. The van der Waals surface area contributed by atoms with Crippen molar-refractivity contribution in [2.24, 2.45) is 0 Å². The molecule has 2 heterocycles. The molecule has 0 bridgehead atoms. The lowest BCUT2D eigenvalue weighted by atomic mass is 10.2. The van der Waals surface area contributed by atoms with Crippen molar-refractivity contribution in [3.8, 4) is 17.0 Å². The number of rotatable bonds is 6. The minimum atomic E-state index is -0.195. The second-order valence-electron chi connectivity index (χ2n) is 5.21. The minimum Gasteiger partial charge on any atom is -0.496 e.